The Hall–Kier alpha value is -2.71. The SMILES string of the molecule is O=[N+]([O-])c1cccc(CNc2cc(-c3cccs3)nn2CCO)c1. The first kappa shape index (κ1) is 16.2. The molecular formula is C16H16N4O3S. The van der Waals surface area contributed by atoms with Crippen molar-refractivity contribution in [3.8, 4) is 10.6 Å². The molecule has 0 fully saturated rings. The minimum absolute atomic E-state index is 0.0168. The van der Waals surface area contributed by atoms with Gasteiger partial charge in [-0.15, -0.1) is 11.3 Å². The van der Waals surface area contributed by atoms with Crippen LogP contribution in [0.25, 0.3) is 10.6 Å². The fourth-order valence-corrected chi connectivity index (χ4v) is 3.02. The Labute approximate surface area is 142 Å². The molecule has 0 saturated heterocycles. The number of aliphatic hydroxyl groups excluding tert-OH is 1. The van der Waals surface area contributed by atoms with E-state index in [4.69, 9.17) is 0 Å². The van der Waals surface area contributed by atoms with E-state index in [-0.39, 0.29) is 12.3 Å². The predicted octanol–water partition coefficient (Wildman–Crippen LogP) is 3.12. The summed E-state index contributed by atoms with van der Waals surface area (Å²) in [5.41, 5.74) is 1.70. The van der Waals surface area contributed by atoms with Crippen LogP contribution in [0.4, 0.5) is 11.5 Å². The smallest absolute Gasteiger partial charge is 0.269 e. The number of aromatic nitrogens is 2. The van der Waals surface area contributed by atoms with E-state index in [0.717, 1.165) is 22.0 Å². The lowest BCUT2D eigenvalue weighted by molar-refractivity contribution is -0.384. The number of nitro groups is 1. The molecule has 24 heavy (non-hydrogen) atoms. The highest BCUT2D eigenvalue weighted by atomic mass is 32.1. The Balaban J connectivity index is 1.79. The number of non-ortho nitro benzene ring substituents is 1. The fraction of sp³-hybridized carbons (Fsp3) is 0.188. The van der Waals surface area contributed by atoms with Gasteiger partial charge in [-0.2, -0.15) is 5.10 Å². The summed E-state index contributed by atoms with van der Waals surface area (Å²) in [6, 6.07) is 12.4. The van der Waals surface area contributed by atoms with E-state index in [9.17, 15) is 15.2 Å². The third kappa shape index (κ3) is 3.61. The standard InChI is InChI=1S/C16H16N4O3S/c21-7-6-19-16(10-14(18-19)15-5-2-8-24-15)17-11-12-3-1-4-13(9-12)20(22)23/h1-5,8-10,17,21H,6-7,11H2. The maximum atomic E-state index is 10.8. The Bertz CT molecular complexity index is 830. The molecular weight excluding hydrogens is 328 g/mol. The van der Waals surface area contributed by atoms with Gasteiger partial charge in [-0.05, 0) is 17.0 Å². The second-order valence-corrected chi connectivity index (χ2v) is 6.07. The van der Waals surface area contributed by atoms with E-state index in [1.807, 2.05) is 29.6 Å². The number of benzene rings is 1. The lowest BCUT2D eigenvalue weighted by atomic mass is 10.2. The Morgan fingerprint density at radius 3 is 2.88 bits per heavy atom. The minimum Gasteiger partial charge on any atom is -0.394 e. The number of hydrogen-bond donors (Lipinski definition) is 2. The zero-order valence-electron chi connectivity index (χ0n) is 12.8. The molecule has 2 heterocycles. The van der Waals surface area contributed by atoms with Crippen molar-refractivity contribution in [2.45, 2.75) is 13.1 Å². The Kier molecular flexibility index (Phi) is 4.88. The number of nitrogens with one attached hydrogen (secondary N) is 1. The molecule has 0 aliphatic heterocycles. The molecule has 2 aromatic heterocycles. The third-order valence-electron chi connectivity index (χ3n) is 3.46. The van der Waals surface area contributed by atoms with Crippen molar-refractivity contribution in [3.05, 3.63) is 63.5 Å². The molecule has 1 aromatic carbocycles. The molecule has 0 saturated carbocycles. The third-order valence-corrected chi connectivity index (χ3v) is 4.35. The average molecular weight is 344 g/mol. The summed E-state index contributed by atoms with van der Waals surface area (Å²) >= 11 is 1.59. The Morgan fingerprint density at radius 2 is 2.17 bits per heavy atom. The van der Waals surface area contributed by atoms with Crippen LogP contribution in [0.15, 0.2) is 47.8 Å². The van der Waals surface area contributed by atoms with Crippen LogP contribution >= 0.6 is 11.3 Å². The van der Waals surface area contributed by atoms with Gasteiger partial charge in [0.05, 0.1) is 23.0 Å². The number of hydrogen-bond acceptors (Lipinski definition) is 6. The van der Waals surface area contributed by atoms with Crippen molar-refractivity contribution >= 4 is 22.8 Å². The van der Waals surface area contributed by atoms with Gasteiger partial charge in [-0.3, -0.25) is 10.1 Å². The second kappa shape index (κ2) is 7.24. The van der Waals surface area contributed by atoms with E-state index in [0.29, 0.717) is 13.1 Å². The molecule has 0 unspecified atom stereocenters. The number of rotatable bonds is 7. The van der Waals surface area contributed by atoms with Crippen molar-refractivity contribution in [2.24, 2.45) is 0 Å². The van der Waals surface area contributed by atoms with E-state index in [1.54, 1.807) is 28.2 Å². The van der Waals surface area contributed by atoms with Crippen LogP contribution in [0.1, 0.15) is 5.56 Å². The molecule has 0 aliphatic rings. The number of thiophene rings is 1. The highest BCUT2D eigenvalue weighted by Crippen LogP contribution is 2.26. The monoisotopic (exact) mass is 344 g/mol. The van der Waals surface area contributed by atoms with Crippen LogP contribution in [-0.4, -0.2) is 26.4 Å². The molecule has 0 atom stereocenters. The summed E-state index contributed by atoms with van der Waals surface area (Å²) in [5, 5.41) is 29.8. The van der Waals surface area contributed by atoms with Crippen LogP contribution in [-0.2, 0) is 13.1 Å². The highest BCUT2D eigenvalue weighted by molar-refractivity contribution is 7.13. The highest BCUT2D eigenvalue weighted by Gasteiger charge is 2.11. The van der Waals surface area contributed by atoms with Gasteiger partial charge in [0.25, 0.3) is 5.69 Å². The first-order chi connectivity index (χ1) is 11.7. The van der Waals surface area contributed by atoms with Crippen LogP contribution in [0, 0.1) is 10.1 Å². The van der Waals surface area contributed by atoms with Crippen LogP contribution in [0.5, 0.6) is 0 Å². The number of anilines is 1. The molecule has 0 bridgehead atoms. The van der Waals surface area contributed by atoms with Crippen molar-refractivity contribution in [2.75, 3.05) is 11.9 Å². The number of aliphatic hydroxyl groups is 1. The van der Waals surface area contributed by atoms with Crippen LogP contribution in [0.2, 0.25) is 0 Å². The molecule has 7 nitrogen and oxygen atoms in total. The maximum absolute atomic E-state index is 10.8. The van der Waals surface area contributed by atoms with E-state index in [2.05, 4.69) is 10.4 Å². The summed E-state index contributed by atoms with van der Waals surface area (Å²) in [6.45, 7) is 0.794. The van der Waals surface area contributed by atoms with Crippen molar-refractivity contribution < 1.29 is 10.0 Å². The molecule has 0 amide bonds. The van der Waals surface area contributed by atoms with E-state index < -0.39 is 4.92 Å². The van der Waals surface area contributed by atoms with Gasteiger partial charge in [0.1, 0.15) is 11.5 Å². The molecule has 2 N–H and O–H groups in total. The predicted molar refractivity (Wildman–Crippen MR) is 93.0 cm³/mol. The summed E-state index contributed by atoms with van der Waals surface area (Å²) in [7, 11) is 0. The molecule has 0 spiro atoms. The van der Waals surface area contributed by atoms with Gasteiger partial charge in [0, 0.05) is 24.7 Å². The quantitative estimate of drug-likeness (QED) is 0.507. The maximum Gasteiger partial charge on any atom is 0.269 e. The zero-order chi connectivity index (χ0) is 16.9. The van der Waals surface area contributed by atoms with Gasteiger partial charge in [-0.25, -0.2) is 4.68 Å². The zero-order valence-corrected chi connectivity index (χ0v) is 13.6. The summed E-state index contributed by atoms with van der Waals surface area (Å²) < 4.78 is 1.70. The molecule has 124 valence electrons. The number of nitro benzene ring substituents is 1. The van der Waals surface area contributed by atoms with E-state index in [1.165, 1.54) is 6.07 Å². The second-order valence-electron chi connectivity index (χ2n) is 5.12. The topological polar surface area (TPSA) is 93.2 Å². The van der Waals surface area contributed by atoms with Crippen LogP contribution in [0.3, 0.4) is 0 Å². The first-order valence-electron chi connectivity index (χ1n) is 7.37. The molecule has 3 aromatic rings. The molecule has 0 aliphatic carbocycles. The van der Waals surface area contributed by atoms with Gasteiger partial charge in [0.15, 0.2) is 0 Å². The van der Waals surface area contributed by atoms with Gasteiger partial charge in [-0.1, -0.05) is 18.2 Å². The minimum atomic E-state index is -0.408. The molecule has 0 radical (unpaired) electrons. The fourth-order valence-electron chi connectivity index (χ4n) is 2.34. The van der Waals surface area contributed by atoms with Gasteiger partial charge >= 0.3 is 0 Å². The Morgan fingerprint density at radius 1 is 1.29 bits per heavy atom. The summed E-state index contributed by atoms with van der Waals surface area (Å²) in [4.78, 5) is 11.5. The lowest BCUT2D eigenvalue weighted by Gasteiger charge is -2.08. The van der Waals surface area contributed by atoms with Crippen LogP contribution < -0.4 is 5.32 Å². The number of nitrogens with zero attached hydrogens (tertiary/aromatic N) is 3. The van der Waals surface area contributed by atoms with Crippen molar-refractivity contribution in [1.82, 2.24) is 9.78 Å². The lowest BCUT2D eigenvalue weighted by Crippen LogP contribution is -2.10. The summed E-state index contributed by atoms with van der Waals surface area (Å²) in [5.74, 6) is 0.763. The molecule has 8 heteroatoms. The van der Waals surface area contributed by atoms with Crippen molar-refractivity contribution in [3.63, 3.8) is 0 Å². The first-order valence-corrected chi connectivity index (χ1v) is 8.25. The van der Waals surface area contributed by atoms with E-state index >= 15 is 0 Å². The normalized spacial score (nSPS) is 10.7. The molecule has 3 rings (SSSR count). The van der Waals surface area contributed by atoms with Gasteiger partial charge in [0.2, 0.25) is 0 Å². The summed E-state index contributed by atoms with van der Waals surface area (Å²) in [6.07, 6.45) is 0. The average Bonchev–Trinajstić information content (AvgIpc) is 3.23. The van der Waals surface area contributed by atoms with Gasteiger partial charge < -0.3 is 10.4 Å². The van der Waals surface area contributed by atoms with Crippen molar-refractivity contribution in [1.29, 1.82) is 0 Å². The largest absolute Gasteiger partial charge is 0.394 e.